The minimum atomic E-state index is 0.755. The first-order chi connectivity index (χ1) is 10.3. The maximum Gasteiger partial charge on any atom is 0.0594 e. The van der Waals surface area contributed by atoms with Crippen molar-refractivity contribution in [3.63, 3.8) is 0 Å². The highest BCUT2D eigenvalue weighted by Gasteiger charge is 2.13. The normalized spacial score (nSPS) is 10.3. The van der Waals surface area contributed by atoms with Crippen LogP contribution in [0.1, 0.15) is 0 Å². The van der Waals surface area contributed by atoms with Crippen LogP contribution in [0.4, 0.5) is 22.7 Å². The van der Waals surface area contributed by atoms with Crippen molar-refractivity contribution < 1.29 is 0 Å². The van der Waals surface area contributed by atoms with E-state index >= 15 is 0 Å². The first-order valence-corrected chi connectivity index (χ1v) is 7.19. The first kappa shape index (κ1) is 13.6. The fourth-order valence-corrected chi connectivity index (χ4v) is 2.54. The number of para-hydroxylation sites is 2. The summed E-state index contributed by atoms with van der Waals surface area (Å²) in [6.45, 7) is 0. The summed E-state index contributed by atoms with van der Waals surface area (Å²) in [5.41, 5.74) is 9.73. The van der Waals surface area contributed by atoms with Gasteiger partial charge in [-0.15, -0.1) is 12.6 Å². The van der Waals surface area contributed by atoms with Crippen LogP contribution in [0.5, 0.6) is 0 Å². The molecule has 0 atom stereocenters. The molecular weight excluding hydrogens is 276 g/mol. The zero-order chi connectivity index (χ0) is 14.7. The van der Waals surface area contributed by atoms with E-state index in [4.69, 9.17) is 5.73 Å². The summed E-state index contributed by atoms with van der Waals surface area (Å²) in [6.07, 6.45) is 0. The topological polar surface area (TPSA) is 29.3 Å². The van der Waals surface area contributed by atoms with Gasteiger partial charge in [-0.05, 0) is 48.5 Å². The van der Waals surface area contributed by atoms with Crippen LogP contribution in [0.2, 0.25) is 0 Å². The largest absolute Gasteiger partial charge is 0.399 e. The Hall–Kier alpha value is -2.39. The summed E-state index contributed by atoms with van der Waals surface area (Å²) in [6, 6.07) is 26.1. The lowest BCUT2D eigenvalue weighted by Gasteiger charge is -2.26. The van der Waals surface area contributed by atoms with Gasteiger partial charge in [-0.2, -0.15) is 0 Å². The van der Waals surface area contributed by atoms with E-state index in [0.29, 0.717) is 0 Å². The number of thiol groups is 1. The SMILES string of the molecule is Nc1ccc(N(c2ccccc2)c2ccccc2S)cc1. The summed E-state index contributed by atoms with van der Waals surface area (Å²) in [4.78, 5) is 3.10. The van der Waals surface area contributed by atoms with Gasteiger partial charge in [0, 0.05) is 22.0 Å². The monoisotopic (exact) mass is 292 g/mol. The highest BCUT2D eigenvalue weighted by atomic mass is 32.1. The lowest BCUT2D eigenvalue weighted by atomic mass is 10.2. The molecule has 3 aromatic carbocycles. The quantitative estimate of drug-likeness (QED) is 0.524. The number of benzene rings is 3. The maximum atomic E-state index is 5.80. The molecule has 0 spiro atoms. The molecule has 0 saturated heterocycles. The second kappa shape index (κ2) is 5.94. The van der Waals surface area contributed by atoms with Gasteiger partial charge in [-0.1, -0.05) is 30.3 Å². The van der Waals surface area contributed by atoms with Crippen LogP contribution < -0.4 is 10.6 Å². The van der Waals surface area contributed by atoms with Crippen molar-refractivity contribution in [1.29, 1.82) is 0 Å². The fourth-order valence-electron chi connectivity index (χ4n) is 2.28. The Morgan fingerprint density at radius 1 is 0.667 bits per heavy atom. The Balaban J connectivity index is 2.16. The second-order valence-electron chi connectivity index (χ2n) is 4.75. The molecule has 3 rings (SSSR count). The van der Waals surface area contributed by atoms with Gasteiger partial charge in [0.1, 0.15) is 0 Å². The molecule has 0 unspecified atom stereocenters. The third-order valence-corrected chi connectivity index (χ3v) is 3.67. The van der Waals surface area contributed by atoms with Crippen LogP contribution in [0.15, 0.2) is 83.8 Å². The molecule has 0 aliphatic heterocycles. The average Bonchev–Trinajstić information content (AvgIpc) is 2.52. The van der Waals surface area contributed by atoms with Gasteiger partial charge < -0.3 is 10.6 Å². The van der Waals surface area contributed by atoms with E-state index in [1.54, 1.807) is 0 Å². The summed E-state index contributed by atoms with van der Waals surface area (Å²) >= 11 is 4.59. The molecule has 2 N–H and O–H groups in total. The summed E-state index contributed by atoms with van der Waals surface area (Å²) in [5.74, 6) is 0. The lowest BCUT2D eigenvalue weighted by Crippen LogP contribution is -2.10. The van der Waals surface area contributed by atoms with Crippen molar-refractivity contribution in [2.45, 2.75) is 4.90 Å². The van der Waals surface area contributed by atoms with Crippen molar-refractivity contribution in [3.8, 4) is 0 Å². The number of hydrogen-bond acceptors (Lipinski definition) is 3. The molecule has 2 nitrogen and oxygen atoms in total. The van der Waals surface area contributed by atoms with Gasteiger partial charge in [-0.25, -0.2) is 0 Å². The zero-order valence-corrected chi connectivity index (χ0v) is 12.4. The Kier molecular flexibility index (Phi) is 3.84. The Labute approximate surface area is 130 Å². The number of hydrogen-bond donors (Lipinski definition) is 2. The van der Waals surface area contributed by atoms with Crippen LogP contribution in [-0.4, -0.2) is 0 Å². The average molecular weight is 292 g/mol. The van der Waals surface area contributed by atoms with Crippen LogP contribution >= 0.6 is 12.6 Å². The molecular formula is C18H16N2S. The predicted octanol–water partition coefficient (Wildman–Crippen LogP) is 5.03. The van der Waals surface area contributed by atoms with E-state index in [9.17, 15) is 0 Å². The minimum Gasteiger partial charge on any atom is -0.399 e. The summed E-state index contributed by atoms with van der Waals surface area (Å²) < 4.78 is 0. The molecule has 0 amide bonds. The summed E-state index contributed by atoms with van der Waals surface area (Å²) in [7, 11) is 0. The number of anilines is 4. The smallest absolute Gasteiger partial charge is 0.0594 e. The molecule has 104 valence electrons. The van der Waals surface area contributed by atoms with E-state index in [1.807, 2.05) is 60.7 Å². The third kappa shape index (κ3) is 2.88. The molecule has 0 aromatic heterocycles. The van der Waals surface area contributed by atoms with Gasteiger partial charge in [0.05, 0.1) is 5.69 Å². The van der Waals surface area contributed by atoms with Crippen LogP contribution in [0.25, 0.3) is 0 Å². The summed E-state index contributed by atoms with van der Waals surface area (Å²) in [5, 5.41) is 0. The van der Waals surface area contributed by atoms with E-state index < -0.39 is 0 Å². The molecule has 0 saturated carbocycles. The minimum absolute atomic E-state index is 0.755. The highest BCUT2D eigenvalue weighted by Crippen LogP contribution is 2.37. The Morgan fingerprint density at radius 3 is 1.90 bits per heavy atom. The molecule has 0 radical (unpaired) electrons. The van der Waals surface area contributed by atoms with E-state index in [0.717, 1.165) is 27.6 Å². The molecule has 3 heteroatoms. The Bertz CT molecular complexity index is 724. The molecule has 0 heterocycles. The number of nitrogens with zero attached hydrogens (tertiary/aromatic N) is 1. The molecule has 3 aromatic rings. The van der Waals surface area contributed by atoms with Crippen molar-refractivity contribution in [3.05, 3.63) is 78.9 Å². The van der Waals surface area contributed by atoms with E-state index in [1.165, 1.54) is 0 Å². The van der Waals surface area contributed by atoms with Gasteiger partial charge >= 0.3 is 0 Å². The van der Waals surface area contributed by atoms with Crippen molar-refractivity contribution in [1.82, 2.24) is 0 Å². The van der Waals surface area contributed by atoms with E-state index in [-0.39, 0.29) is 0 Å². The lowest BCUT2D eigenvalue weighted by molar-refractivity contribution is 1.23. The number of nitrogen functional groups attached to an aromatic ring is 1. The van der Waals surface area contributed by atoms with Gasteiger partial charge in [0.15, 0.2) is 0 Å². The predicted molar refractivity (Wildman–Crippen MR) is 92.8 cm³/mol. The van der Waals surface area contributed by atoms with Gasteiger partial charge in [0.25, 0.3) is 0 Å². The number of nitrogens with two attached hydrogens (primary N) is 1. The fraction of sp³-hybridized carbons (Fsp3) is 0. The van der Waals surface area contributed by atoms with Gasteiger partial charge in [0.2, 0.25) is 0 Å². The number of rotatable bonds is 3. The molecule has 0 aliphatic rings. The molecule has 0 bridgehead atoms. The Morgan fingerprint density at radius 2 is 1.24 bits per heavy atom. The highest BCUT2D eigenvalue weighted by molar-refractivity contribution is 7.80. The van der Waals surface area contributed by atoms with E-state index in [2.05, 4.69) is 35.7 Å². The van der Waals surface area contributed by atoms with Crippen molar-refractivity contribution >= 4 is 35.4 Å². The second-order valence-corrected chi connectivity index (χ2v) is 5.23. The van der Waals surface area contributed by atoms with Crippen LogP contribution in [0.3, 0.4) is 0 Å². The van der Waals surface area contributed by atoms with Gasteiger partial charge in [-0.3, -0.25) is 0 Å². The van der Waals surface area contributed by atoms with Crippen LogP contribution in [0, 0.1) is 0 Å². The van der Waals surface area contributed by atoms with Crippen molar-refractivity contribution in [2.24, 2.45) is 0 Å². The van der Waals surface area contributed by atoms with Crippen molar-refractivity contribution in [2.75, 3.05) is 10.6 Å². The maximum absolute atomic E-state index is 5.80. The molecule has 21 heavy (non-hydrogen) atoms. The molecule has 0 fully saturated rings. The molecule has 0 aliphatic carbocycles. The zero-order valence-electron chi connectivity index (χ0n) is 11.5. The van der Waals surface area contributed by atoms with Crippen LogP contribution in [-0.2, 0) is 0 Å². The standard InChI is InChI=1S/C18H16N2S/c19-14-10-12-16(13-11-14)20(15-6-2-1-3-7-15)17-8-4-5-9-18(17)21/h1-13,21H,19H2. The third-order valence-electron chi connectivity index (χ3n) is 3.29. The first-order valence-electron chi connectivity index (χ1n) is 6.74.